The average Bonchev–Trinajstić information content (AvgIpc) is 2.58. The van der Waals surface area contributed by atoms with Crippen molar-refractivity contribution < 1.29 is 0 Å². The summed E-state index contributed by atoms with van der Waals surface area (Å²) in [5.74, 6) is 1.17. The van der Waals surface area contributed by atoms with Crippen LogP contribution in [0.25, 0.3) is 0 Å². The molecule has 0 aliphatic carbocycles. The first-order chi connectivity index (χ1) is 7.15. The van der Waals surface area contributed by atoms with Crippen LogP contribution in [0.1, 0.15) is 26.7 Å². The van der Waals surface area contributed by atoms with Crippen LogP contribution in [0.5, 0.6) is 0 Å². The van der Waals surface area contributed by atoms with E-state index in [1.807, 2.05) is 11.8 Å². The minimum atomic E-state index is 0.538. The van der Waals surface area contributed by atoms with Gasteiger partial charge in [-0.2, -0.15) is 0 Å². The standard InChI is InChI=1S/C11H21N3S/c1-8-7-15-11(12-8)13-10-4-5-14(3)9(2)6-10/h8-10H,4-7H2,1-3H3,(H,12,13). The van der Waals surface area contributed by atoms with Gasteiger partial charge in [0.2, 0.25) is 0 Å². The Balaban J connectivity index is 1.90. The van der Waals surface area contributed by atoms with E-state index in [1.165, 1.54) is 30.3 Å². The zero-order chi connectivity index (χ0) is 10.8. The number of nitrogens with zero attached hydrogens (tertiary/aromatic N) is 2. The second kappa shape index (κ2) is 4.74. The summed E-state index contributed by atoms with van der Waals surface area (Å²) in [5, 5.41) is 4.60. The highest BCUT2D eigenvalue weighted by atomic mass is 32.2. The van der Waals surface area contributed by atoms with Gasteiger partial charge in [-0.25, -0.2) is 0 Å². The molecule has 3 atom stereocenters. The molecular weight excluding hydrogens is 206 g/mol. The number of rotatable bonds is 1. The predicted molar refractivity (Wildman–Crippen MR) is 67.6 cm³/mol. The second-order valence-corrected chi connectivity index (χ2v) is 5.81. The van der Waals surface area contributed by atoms with Gasteiger partial charge in [0.25, 0.3) is 0 Å². The molecule has 15 heavy (non-hydrogen) atoms. The fourth-order valence-corrected chi connectivity index (χ4v) is 3.12. The summed E-state index contributed by atoms with van der Waals surface area (Å²) in [6.45, 7) is 5.69. The molecule has 0 radical (unpaired) electrons. The van der Waals surface area contributed by atoms with Crippen molar-refractivity contribution in [3.05, 3.63) is 0 Å². The molecule has 0 aromatic carbocycles. The van der Waals surface area contributed by atoms with E-state index in [0.29, 0.717) is 18.1 Å². The van der Waals surface area contributed by atoms with Crippen molar-refractivity contribution in [1.82, 2.24) is 10.2 Å². The lowest BCUT2D eigenvalue weighted by Gasteiger charge is -2.33. The highest BCUT2D eigenvalue weighted by molar-refractivity contribution is 8.14. The number of hydrogen-bond donors (Lipinski definition) is 1. The van der Waals surface area contributed by atoms with Crippen LogP contribution in [-0.4, -0.2) is 47.5 Å². The van der Waals surface area contributed by atoms with Gasteiger partial charge in [-0.15, -0.1) is 0 Å². The minimum absolute atomic E-state index is 0.538. The third-order valence-corrected chi connectivity index (χ3v) is 4.48. The van der Waals surface area contributed by atoms with Crippen molar-refractivity contribution in [3.63, 3.8) is 0 Å². The topological polar surface area (TPSA) is 27.6 Å². The molecule has 0 saturated carbocycles. The number of amidine groups is 1. The van der Waals surface area contributed by atoms with Crippen LogP contribution < -0.4 is 5.32 Å². The molecule has 1 N–H and O–H groups in total. The molecule has 2 rings (SSSR count). The minimum Gasteiger partial charge on any atom is -0.362 e. The number of nitrogens with one attached hydrogen (secondary N) is 1. The van der Waals surface area contributed by atoms with Crippen LogP contribution in [0.4, 0.5) is 0 Å². The number of hydrogen-bond acceptors (Lipinski definition) is 3. The molecule has 3 unspecified atom stereocenters. The fourth-order valence-electron chi connectivity index (χ4n) is 2.12. The lowest BCUT2D eigenvalue weighted by atomic mass is 10.00. The van der Waals surface area contributed by atoms with E-state index in [4.69, 9.17) is 4.99 Å². The number of thioether (sulfide) groups is 1. The highest BCUT2D eigenvalue weighted by Gasteiger charge is 2.24. The highest BCUT2D eigenvalue weighted by Crippen LogP contribution is 2.21. The summed E-state index contributed by atoms with van der Waals surface area (Å²) in [7, 11) is 2.21. The Morgan fingerprint density at radius 3 is 2.87 bits per heavy atom. The molecule has 2 heterocycles. The van der Waals surface area contributed by atoms with Gasteiger partial charge in [-0.05, 0) is 33.7 Å². The molecule has 2 aliphatic rings. The molecule has 2 fully saturated rings. The zero-order valence-corrected chi connectivity index (χ0v) is 10.7. The SMILES string of the molecule is CC1CSC(=NC2CCN(C)C(C)C2)N1. The Kier molecular flexibility index (Phi) is 3.57. The van der Waals surface area contributed by atoms with Crippen LogP contribution in [-0.2, 0) is 0 Å². The van der Waals surface area contributed by atoms with Crippen molar-refractivity contribution in [2.45, 2.75) is 44.8 Å². The van der Waals surface area contributed by atoms with Crippen LogP contribution in [0.3, 0.4) is 0 Å². The maximum absolute atomic E-state index is 4.81. The zero-order valence-electron chi connectivity index (χ0n) is 9.86. The molecule has 3 nitrogen and oxygen atoms in total. The Morgan fingerprint density at radius 1 is 1.47 bits per heavy atom. The summed E-state index contributed by atoms with van der Waals surface area (Å²) < 4.78 is 0. The molecule has 4 heteroatoms. The average molecular weight is 227 g/mol. The quantitative estimate of drug-likeness (QED) is 0.736. The third kappa shape index (κ3) is 2.88. The van der Waals surface area contributed by atoms with E-state index >= 15 is 0 Å². The van der Waals surface area contributed by atoms with Crippen LogP contribution >= 0.6 is 11.8 Å². The molecule has 0 bridgehead atoms. The molecule has 2 aliphatic heterocycles. The number of piperidine rings is 1. The van der Waals surface area contributed by atoms with Crippen LogP contribution in [0.2, 0.25) is 0 Å². The van der Waals surface area contributed by atoms with Crippen LogP contribution in [0.15, 0.2) is 4.99 Å². The Bertz CT molecular complexity index is 254. The first-order valence-corrected chi connectivity index (χ1v) is 6.81. The largest absolute Gasteiger partial charge is 0.362 e. The summed E-state index contributed by atoms with van der Waals surface area (Å²) in [5.41, 5.74) is 0. The monoisotopic (exact) mass is 227 g/mol. The molecule has 86 valence electrons. The van der Waals surface area contributed by atoms with E-state index in [2.05, 4.69) is 31.1 Å². The first kappa shape index (κ1) is 11.3. The van der Waals surface area contributed by atoms with Crippen molar-refractivity contribution in [2.24, 2.45) is 4.99 Å². The Hall–Kier alpha value is -0.220. The molecule has 2 saturated heterocycles. The summed E-state index contributed by atoms with van der Waals surface area (Å²) in [6, 6.07) is 1.81. The first-order valence-electron chi connectivity index (χ1n) is 5.82. The maximum Gasteiger partial charge on any atom is 0.157 e. The van der Waals surface area contributed by atoms with Gasteiger partial charge in [-0.1, -0.05) is 11.8 Å². The third-order valence-electron chi connectivity index (χ3n) is 3.32. The predicted octanol–water partition coefficient (Wildman–Crippen LogP) is 1.55. The molecule has 0 aromatic heterocycles. The van der Waals surface area contributed by atoms with Gasteiger partial charge >= 0.3 is 0 Å². The van der Waals surface area contributed by atoms with Gasteiger partial charge in [0.05, 0.1) is 6.04 Å². The Labute approximate surface area is 96.7 Å². The van der Waals surface area contributed by atoms with Crippen molar-refractivity contribution in [1.29, 1.82) is 0 Å². The summed E-state index contributed by atoms with van der Waals surface area (Å²) in [6.07, 6.45) is 2.41. The number of aliphatic imine (C=N–C) groups is 1. The number of likely N-dealkylation sites (tertiary alicyclic amines) is 1. The molecule has 0 aromatic rings. The van der Waals surface area contributed by atoms with Gasteiger partial charge in [0.1, 0.15) is 0 Å². The normalized spacial score (nSPS) is 40.7. The Morgan fingerprint density at radius 2 is 2.27 bits per heavy atom. The van der Waals surface area contributed by atoms with Crippen molar-refractivity contribution >= 4 is 16.9 Å². The molecular formula is C11H21N3S. The molecule has 0 amide bonds. The van der Waals surface area contributed by atoms with Crippen molar-refractivity contribution in [3.8, 4) is 0 Å². The second-order valence-electron chi connectivity index (χ2n) is 4.80. The van der Waals surface area contributed by atoms with E-state index < -0.39 is 0 Å². The van der Waals surface area contributed by atoms with Gasteiger partial charge in [0, 0.05) is 24.4 Å². The maximum atomic E-state index is 4.81. The lowest BCUT2D eigenvalue weighted by Crippen LogP contribution is -2.39. The van der Waals surface area contributed by atoms with E-state index in [0.717, 1.165) is 0 Å². The lowest BCUT2D eigenvalue weighted by molar-refractivity contribution is 0.185. The fraction of sp³-hybridized carbons (Fsp3) is 0.909. The van der Waals surface area contributed by atoms with Crippen molar-refractivity contribution in [2.75, 3.05) is 19.3 Å². The summed E-state index contributed by atoms with van der Waals surface area (Å²) >= 11 is 1.87. The van der Waals surface area contributed by atoms with Gasteiger partial charge in [0.15, 0.2) is 5.17 Å². The van der Waals surface area contributed by atoms with Crippen LogP contribution in [0, 0.1) is 0 Å². The summed E-state index contributed by atoms with van der Waals surface area (Å²) in [4.78, 5) is 7.24. The van der Waals surface area contributed by atoms with E-state index in [-0.39, 0.29) is 0 Å². The van der Waals surface area contributed by atoms with E-state index in [1.54, 1.807) is 0 Å². The van der Waals surface area contributed by atoms with Gasteiger partial charge < -0.3 is 10.2 Å². The van der Waals surface area contributed by atoms with Gasteiger partial charge in [-0.3, -0.25) is 4.99 Å². The smallest absolute Gasteiger partial charge is 0.157 e. The van der Waals surface area contributed by atoms with E-state index in [9.17, 15) is 0 Å². The molecule has 0 spiro atoms.